The molecule has 0 aliphatic rings. The molecule has 0 aromatic carbocycles. The van der Waals surface area contributed by atoms with E-state index in [9.17, 15) is 4.79 Å². The molecular weight excluding hydrogens is 220 g/mol. The molecule has 0 saturated carbocycles. The number of aromatic nitrogens is 2. The average molecular weight is 236 g/mol. The normalized spacial score (nSPS) is 13.8. The molecule has 6 heteroatoms. The van der Waals surface area contributed by atoms with Crippen LogP contribution in [0, 0.1) is 16.7 Å². The van der Waals surface area contributed by atoms with Crippen LogP contribution in [0.1, 0.15) is 43.2 Å². The summed E-state index contributed by atoms with van der Waals surface area (Å²) in [6.07, 6.45) is 1.75. The summed E-state index contributed by atoms with van der Waals surface area (Å²) in [4.78, 5) is 15.2. The summed E-state index contributed by atoms with van der Waals surface area (Å²) >= 11 is 0. The topological polar surface area (TPSA) is 91.8 Å². The maximum absolute atomic E-state index is 11.2. The maximum Gasteiger partial charge on any atom is 0.292 e. The molecule has 0 saturated heterocycles. The zero-order valence-electron chi connectivity index (χ0n) is 10.3. The maximum atomic E-state index is 11.2. The third-order valence-electron chi connectivity index (χ3n) is 2.84. The number of nitriles is 1. The molecule has 92 valence electrons. The van der Waals surface area contributed by atoms with Crippen LogP contribution >= 0.6 is 0 Å². The van der Waals surface area contributed by atoms with Crippen molar-refractivity contribution in [3.8, 4) is 6.07 Å². The highest BCUT2D eigenvalue weighted by Gasteiger charge is 2.26. The molecule has 1 heterocycles. The molecule has 1 N–H and O–H groups in total. The molecule has 6 nitrogen and oxygen atoms in total. The molecule has 1 amide bonds. The van der Waals surface area contributed by atoms with E-state index in [0.717, 1.165) is 6.42 Å². The van der Waals surface area contributed by atoms with Gasteiger partial charge in [0.1, 0.15) is 0 Å². The summed E-state index contributed by atoms with van der Waals surface area (Å²) in [5, 5.41) is 14.8. The second-order valence-corrected chi connectivity index (χ2v) is 4.27. The number of carbonyl (C=O) groups is 1. The van der Waals surface area contributed by atoms with Crippen molar-refractivity contribution in [2.24, 2.45) is 5.41 Å². The summed E-state index contributed by atoms with van der Waals surface area (Å²) in [5.74, 6) is 0.0413. The van der Waals surface area contributed by atoms with Gasteiger partial charge in [-0.15, -0.1) is 0 Å². The van der Waals surface area contributed by atoms with Crippen molar-refractivity contribution in [3.63, 3.8) is 0 Å². The Kier molecular flexibility index (Phi) is 4.21. The molecular formula is C11H16N4O2. The van der Waals surface area contributed by atoms with Crippen molar-refractivity contribution in [1.29, 1.82) is 5.26 Å². The van der Waals surface area contributed by atoms with Gasteiger partial charge in [-0.25, -0.2) is 0 Å². The van der Waals surface area contributed by atoms with Crippen LogP contribution in [0.25, 0.3) is 0 Å². The standard InChI is InChI=1S/C11H16N4O2/c1-4-11(2,5-6-12)7-8-14-9(15-17-8)10(16)13-3/h4-5,7H2,1-3H3,(H,13,16). The minimum Gasteiger partial charge on any atom is -0.352 e. The van der Waals surface area contributed by atoms with Gasteiger partial charge in [0.05, 0.1) is 6.07 Å². The van der Waals surface area contributed by atoms with E-state index in [1.54, 1.807) is 0 Å². The number of hydrogen-bond donors (Lipinski definition) is 1. The van der Waals surface area contributed by atoms with Crippen molar-refractivity contribution < 1.29 is 9.32 Å². The van der Waals surface area contributed by atoms with E-state index >= 15 is 0 Å². The molecule has 0 bridgehead atoms. The van der Waals surface area contributed by atoms with E-state index in [4.69, 9.17) is 9.78 Å². The summed E-state index contributed by atoms with van der Waals surface area (Å²) in [6, 6.07) is 2.15. The van der Waals surface area contributed by atoms with Crippen LogP contribution in [-0.4, -0.2) is 23.1 Å². The highest BCUT2D eigenvalue weighted by molar-refractivity contribution is 5.89. The average Bonchev–Trinajstić information content (AvgIpc) is 2.76. The Morgan fingerprint density at radius 2 is 2.35 bits per heavy atom. The van der Waals surface area contributed by atoms with Crippen LogP contribution in [-0.2, 0) is 6.42 Å². The van der Waals surface area contributed by atoms with Gasteiger partial charge in [0.15, 0.2) is 0 Å². The second kappa shape index (κ2) is 5.43. The zero-order valence-corrected chi connectivity index (χ0v) is 10.3. The molecule has 1 rings (SSSR count). The van der Waals surface area contributed by atoms with E-state index in [1.165, 1.54) is 7.05 Å². The third-order valence-corrected chi connectivity index (χ3v) is 2.84. The van der Waals surface area contributed by atoms with Gasteiger partial charge in [0, 0.05) is 19.9 Å². The van der Waals surface area contributed by atoms with Gasteiger partial charge in [0.25, 0.3) is 11.7 Å². The third kappa shape index (κ3) is 3.28. The van der Waals surface area contributed by atoms with E-state index in [-0.39, 0.29) is 17.1 Å². The molecule has 1 aromatic rings. The zero-order chi connectivity index (χ0) is 12.9. The van der Waals surface area contributed by atoms with Gasteiger partial charge in [-0.05, 0) is 11.8 Å². The van der Waals surface area contributed by atoms with Crippen LogP contribution in [0.3, 0.4) is 0 Å². The lowest BCUT2D eigenvalue weighted by Crippen LogP contribution is -2.20. The molecule has 0 aliphatic carbocycles. The summed E-state index contributed by atoms with van der Waals surface area (Å²) in [7, 11) is 1.50. The predicted octanol–water partition coefficient (Wildman–Crippen LogP) is 1.30. The molecule has 0 fully saturated rings. The molecule has 0 aliphatic heterocycles. The van der Waals surface area contributed by atoms with Gasteiger partial charge in [-0.3, -0.25) is 4.79 Å². The second-order valence-electron chi connectivity index (χ2n) is 4.27. The summed E-state index contributed by atoms with van der Waals surface area (Å²) in [6.45, 7) is 3.99. The van der Waals surface area contributed by atoms with E-state index in [2.05, 4.69) is 21.5 Å². The van der Waals surface area contributed by atoms with Crippen molar-refractivity contribution in [1.82, 2.24) is 15.5 Å². The lowest BCUT2D eigenvalue weighted by atomic mass is 9.81. The van der Waals surface area contributed by atoms with Crippen LogP contribution in [0.2, 0.25) is 0 Å². The first-order valence-corrected chi connectivity index (χ1v) is 5.46. The Bertz CT molecular complexity index is 435. The van der Waals surface area contributed by atoms with Gasteiger partial charge >= 0.3 is 0 Å². The molecule has 1 aromatic heterocycles. The number of rotatable bonds is 5. The van der Waals surface area contributed by atoms with Crippen LogP contribution in [0.15, 0.2) is 4.52 Å². The fraction of sp³-hybridized carbons (Fsp3) is 0.636. The van der Waals surface area contributed by atoms with Crippen LogP contribution in [0.5, 0.6) is 0 Å². The molecule has 0 spiro atoms. The Labute approximate surface area is 100 Å². The largest absolute Gasteiger partial charge is 0.352 e. The number of amides is 1. The number of carbonyl (C=O) groups excluding carboxylic acids is 1. The smallest absolute Gasteiger partial charge is 0.292 e. The first kappa shape index (κ1) is 13.2. The van der Waals surface area contributed by atoms with Crippen molar-refractivity contribution >= 4 is 5.91 Å². The summed E-state index contributed by atoms with van der Waals surface area (Å²) in [5.41, 5.74) is -0.193. The van der Waals surface area contributed by atoms with Gasteiger partial charge in [0.2, 0.25) is 5.89 Å². The number of nitrogens with one attached hydrogen (secondary N) is 1. The lowest BCUT2D eigenvalue weighted by molar-refractivity contribution is 0.0950. The highest BCUT2D eigenvalue weighted by Crippen LogP contribution is 2.29. The first-order chi connectivity index (χ1) is 8.04. The van der Waals surface area contributed by atoms with E-state index in [0.29, 0.717) is 18.7 Å². The highest BCUT2D eigenvalue weighted by atomic mass is 16.5. The molecule has 1 unspecified atom stereocenters. The van der Waals surface area contributed by atoms with Crippen molar-refractivity contribution in [2.75, 3.05) is 7.05 Å². The minimum atomic E-state index is -0.376. The first-order valence-electron chi connectivity index (χ1n) is 5.46. The quantitative estimate of drug-likeness (QED) is 0.831. The van der Waals surface area contributed by atoms with Crippen molar-refractivity contribution in [3.05, 3.63) is 11.7 Å². The summed E-state index contributed by atoms with van der Waals surface area (Å²) < 4.78 is 5.00. The van der Waals surface area contributed by atoms with Gasteiger partial charge < -0.3 is 9.84 Å². The fourth-order valence-corrected chi connectivity index (χ4v) is 1.40. The Balaban J connectivity index is 2.78. The fourth-order valence-electron chi connectivity index (χ4n) is 1.40. The SMILES string of the molecule is CCC(C)(CC#N)Cc1nc(C(=O)NC)no1. The molecule has 17 heavy (non-hydrogen) atoms. The van der Waals surface area contributed by atoms with Gasteiger partial charge in [-0.1, -0.05) is 19.0 Å². The Hall–Kier alpha value is -1.90. The Morgan fingerprint density at radius 1 is 1.65 bits per heavy atom. The van der Waals surface area contributed by atoms with E-state index < -0.39 is 0 Å². The monoisotopic (exact) mass is 236 g/mol. The van der Waals surface area contributed by atoms with Gasteiger partial charge in [-0.2, -0.15) is 10.2 Å². The van der Waals surface area contributed by atoms with Crippen LogP contribution in [0.4, 0.5) is 0 Å². The number of hydrogen-bond acceptors (Lipinski definition) is 5. The van der Waals surface area contributed by atoms with Crippen molar-refractivity contribution in [2.45, 2.75) is 33.1 Å². The lowest BCUT2D eigenvalue weighted by Gasteiger charge is -2.22. The predicted molar refractivity (Wildman–Crippen MR) is 60.0 cm³/mol. The van der Waals surface area contributed by atoms with E-state index in [1.807, 2.05) is 13.8 Å². The molecule has 0 radical (unpaired) electrons. The molecule has 1 atom stereocenters. The van der Waals surface area contributed by atoms with Crippen LogP contribution < -0.4 is 5.32 Å². The minimum absolute atomic E-state index is 0.0258. The Morgan fingerprint density at radius 3 is 2.88 bits per heavy atom. The number of nitrogens with zero attached hydrogens (tertiary/aromatic N) is 3.